The first kappa shape index (κ1) is 15.2. The van der Waals surface area contributed by atoms with Crippen LogP contribution in [0.1, 0.15) is 5.56 Å². The van der Waals surface area contributed by atoms with Crippen molar-refractivity contribution in [1.29, 1.82) is 0 Å². The van der Waals surface area contributed by atoms with E-state index >= 15 is 0 Å². The number of ether oxygens (including phenoxy) is 3. The van der Waals surface area contributed by atoms with Crippen molar-refractivity contribution in [3.8, 4) is 17.2 Å². The lowest BCUT2D eigenvalue weighted by Crippen LogP contribution is -1.96. The third kappa shape index (κ3) is 3.47. The molecular weight excluding hydrogens is 290 g/mol. The molecule has 21 heavy (non-hydrogen) atoms. The number of benzene rings is 2. The average molecular weight is 306 g/mol. The average Bonchev–Trinajstić information content (AvgIpc) is 2.52. The molecule has 0 atom stereocenters. The molecule has 0 heterocycles. The van der Waals surface area contributed by atoms with Gasteiger partial charge in [0, 0.05) is 11.8 Å². The minimum Gasteiger partial charge on any atom is -0.493 e. The molecule has 110 valence electrons. The number of hydrogen-bond donors (Lipinski definition) is 0. The maximum absolute atomic E-state index is 6.07. The molecule has 0 radical (unpaired) electrons. The Morgan fingerprint density at radius 1 is 0.952 bits per heavy atom. The Morgan fingerprint density at radius 3 is 2.10 bits per heavy atom. The molecule has 0 saturated heterocycles. The zero-order valence-corrected chi connectivity index (χ0v) is 12.8. The van der Waals surface area contributed by atoms with Crippen molar-refractivity contribution in [1.82, 2.24) is 0 Å². The van der Waals surface area contributed by atoms with Crippen LogP contribution in [0.25, 0.3) is 0 Å². The first-order valence-electron chi connectivity index (χ1n) is 6.28. The maximum atomic E-state index is 6.07. The highest BCUT2D eigenvalue weighted by molar-refractivity contribution is 6.33. The van der Waals surface area contributed by atoms with Crippen LogP contribution in [-0.4, -0.2) is 27.5 Å². The molecule has 0 aliphatic heterocycles. The van der Waals surface area contributed by atoms with Crippen LogP contribution in [0.4, 0.5) is 5.69 Å². The molecule has 2 aromatic carbocycles. The van der Waals surface area contributed by atoms with E-state index in [1.54, 1.807) is 33.6 Å². The molecule has 4 nitrogen and oxygen atoms in total. The summed E-state index contributed by atoms with van der Waals surface area (Å²) >= 11 is 6.07. The number of nitrogens with zero attached hydrogens (tertiary/aromatic N) is 1. The number of para-hydroxylation sites is 1. The molecule has 0 N–H and O–H groups in total. The third-order valence-electron chi connectivity index (χ3n) is 2.89. The fourth-order valence-corrected chi connectivity index (χ4v) is 2.06. The van der Waals surface area contributed by atoms with Crippen molar-refractivity contribution in [3.05, 3.63) is 47.0 Å². The van der Waals surface area contributed by atoms with Crippen molar-refractivity contribution >= 4 is 23.5 Å². The van der Waals surface area contributed by atoms with E-state index < -0.39 is 0 Å². The fraction of sp³-hybridized carbons (Fsp3) is 0.188. The van der Waals surface area contributed by atoms with E-state index in [-0.39, 0.29) is 0 Å². The molecule has 0 amide bonds. The van der Waals surface area contributed by atoms with Gasteiger partial charge in [-0.25, -0.2) is 0 Å². The number of aliphatic imine (C=N–C) groups is 1. The van der Waals surface area contributed by atoms with Gasteiger partial charge in [0.25, 0.3) is 0 Å². The van der Waals surface area contributed by atoms with Crippen molar-refractivity contribution in [3.63, 3.8) is 0 Å². The second-order valence-corrected chi connectivity index (χ2v) is 4.58. The molecule has 0 aliphatic rings. The summed E-state index contributed by atoms with van der Waals surface area (Å²) in [7, 11) is 4.72. The van der Waals surface area contributed by atoms with Gasteiger partial charge in [-0.15, -0.1) is 0 Å². The van der Waals surface area contributed by atoms with Gasteiger partial charge in [-0.2, -0.15) is 0 Å². The van der Waals surface area contributed by atoms with Crippen molar-refractivity contribution < 1.29 is 14.2 Å². The largest absolute Gasteiger partial charge is 0.493 e. The molecular formula is C16H16ClNO3. The smallest absolute Gasteiger partial charge is 0.203 e. The van der Waals surface area contributed by atoms with Gasteiger partial charge in [0.2, 0.25) is 5.75 Å². The Hall–Kier alpha value is -2.20. The summed E-state index contributed by atoms with van der Waals surface area (Å²) < 4.78 is 15.9. The molecule has 0 aromatic heterocycles. The topological polar surface area (TPSA) is 40.0 Å². The van der Waals surface area contributed by atoms with Crippen LogP contribution in [0.5, 0.6) is 17.2 Å². The van der Waals surface area contributed by atoms with Crippen LogP contribution in [0, 0.1) is 0 Å². The highest BCUT2D eigenvalue weighted by atomic mass is 35.5. The van der Waals surface area contributed by atoms with Crippen LogP contribution in [0.2, 0.25) is 5.02 Å². The Kier molecular flexibility index (Phi) is 5.06. The molecule has 2 aromatic rings. The van der Waals surface area contributed by atoms with Gasteiger partial charge in [0.05, 0.1) is 32.0 Å². The Labute approximate surface area is 128 Å². The molecule has 0 bridgehead atoms. The lowest BCUT2D eigenvalue weighted by Gasteiger charge is -2.12. The first-order chi connectivity index (χ1) is 10.2. The number of methoxy groups -OCH3 is 3. The monoisotopic (exact) mass is 305 g/mol. The van der Waals surface area contributed by atoms with Crippen LogP contribution in [-0.2, 0) is 0 Å². The van der Waals surface area contributed by atoms with Crippen LogP contribution < -0.4 is 14.2 Å². The summed E-state index contributed by atoms with van der Waals surface area (Å²) in [5.74, 6) is 1.71. The maximum Gasteiger partial charge on any atom is 0.203 e. The van der Waals surface area contributed by atoms with Crippen molar-refractivity contribution in [2.45, 2.75) is 0 Å². The van der Waals surface area contributed by atoms with Gasteiger partial charge in [0.15, 0.2) is 11.5 Å². The molecule has 0 fully saturated rings. The normalized spacial score (nSPS) is 10.7. The predicted octanol–water partition coefficient (Wildman–Crippen LogP) is 4.12. The van der Waals surface area contributed by atoms with Crippen molar-refractivity contribution in [2.75, 3.05) is 21.3 Å². The summed E-state index contributed by atoms with van der Waals surface area (Å²) in [6.45, 7) is 0. The lowest BCUT2D eigenvalue weighted by atomic mass is 10.2. The Bertz CT molecular complexity index is 631. The van der Waals surface area contributed by atoms with E-state index in [9.17, 15) is 0 Å². The SMILES string of the molecule is COc1cc(C=Nc2ccccc2Cl)cc(OC)c1OC. The Balaban J connectivity index is 2.39. The van der Waals surface area contributed by atoms with E-state index in [0.29, 0.717) is 28.0 Å². The summed E-state index contributed by atoms with van der Waals surface area (Å²) in [5.41, 5.74) is 1.53. The first-order valence-corrected chi connectivity index (χ1v) is 6.66. The van der Waals surface area contributed by atoms with Crippen molar-refractivity contribution in [2.24, 2.45) is 4.99 Å². The standard InChI is InChI=1S/C16H16ClNO3/c1-19-14-8-11(9-15(20-2)16(14)21-3)10-18-13-7-5-4-6-12(13)17/h4-10H,1-3H3. The van der Waals surface area contributed by atoms with Gasteiger partial charge < -0.3 is 14.2 Å². The van der Waals surface area contributed by atoms with Crippen LogP contribution in [0.3, 0.4) is 0 Å². The predicted molar refractivity (Wildman–Crippen MR) is 84.8 cm³/mol. The molecule has 0 saturated carbocycles. The van der Waals surface area contributed by atoms with Crippen LogP contribution in [0.15, 0.2) is 41.4 Å². The second kappa shape index (κ2) is 6.99. The summed E-state index contributed by atoms with van der Waals surface area (Å²) in [5, 5.41) is 0.598. The Morgan fingerprint density at radius 2 is 1.57 bits per heavy atom. The summed E-state index contributed by atoms with van der Waals surface area (Å²) in [6, 6.07) is 11.0. The highest BCUT2D eigenvalue weighted by Gasteiger charge is 2.12. The van der Waals surface area contributed by atoms with E-state index in [2.05, 4.69) is 4.99 Å². The highest BCUT2D eigenvalue weighted by Crippen LogP contribution is 2.38. The zero-order chi connectivity index (χ0) is 15.2. The van der Waals surface area contributed by atoms with E-state index in [0.717, 1.165) is 5.56 Å². The molecule has 5 heteroatoms. The third-order valence-corrected chi connectivity index (χ3v) is 3.21. The van der Waals surface area contributed by atoms with E-state index in [1.807, 2.05) is 30.3 Å². The molecule has 0 unspecified atom stereocenters. The minimum absolute atomic E-state index is 0.551. The second-order valence-electron chi connectivity index (χ2n) is 4.17. The molecule has 2 rings (SSSR count). The van der Waals surface area contributed by atoms with Gasteiger partial charge >= 0.3 is 0 Å². The molecule has 0 spiro atoms. The van der Waals surface area contributed by atoms with E-state index in [1.165, 1.54) is 0 Å². The van der Waals surface area contributed by atoms with Crippen LogP contribution >= 0.6 is 11.6 Å². The summed E-state index contributed by atoms with van der Waals surface area (Å²) in [4.78, 5) is 4.37. The van der Waals surface area contributed by atoms with Gasteiger partial charge in [-0.3, -0.25) is 4.99 Å². The van der Waals surface area contributed by atoms with E-state index in [4.69, 9.17) is 25.8 Å². The summed E-state index contributed by atoms with van der Waals surface area (Å²) in [6.07, 6.45) is 1.70. The number of rotatable bonds is 5. The zero-order valence-electron chi connectivity index (χ0n) is 12.1. The van der Waals surface area contributed by atoms with Gasteiger partial charge in [-0.1, -0.05) is 23.7 Å². The lowest BCUT2D eigenvalue weighted by molar-refractivity contribution is 0.324. The van der Waals surface area contributed by atoms with Gasteiger partial charge in [-0.05, 0) is 24.3 Å². The fourth-order valence-electron chi connectivity index (χ4n) is 1.88. The quantitative estimate of drug-likeness (QED) is 0.780. The minimum atomic E-state index is 0.551. The molecule has 0 aliphatic carbocycles. The number of halogens is 1. The number of hydrogen-bond acceptors (Lipinski definition) is 4. The van der Waals surface area contributed by atoms with Gasteiger partial charge in [0.1, 0.15) is 0 Å².